The summed E-state index contributed by atoms with van der Waals surface area (Å²) >= 11 is 0. The van der Waals surface area contributed by atoms with Gasteiger partial charge in [0.05, 0.1) is 10.5 Å². The maximum Gasteiger partial charge on any atom is 0.337 e. The molecule has 0 spiro atoms. The third-order valence-electron chi connectivity index (χ3n) is 3.34. The molecule has 1 aromatic rings. The average molecular weight is 284 g/mol. The van der Waals surface area contributed by atoms with Gasteiger partial charge in [-0.25, -0.2) is 17.9 Å². The number of aromatic carboxylic acids is 1. The summed E-state index contributed by atoms with van der Waals surface area (Å²) in [5.74, 6) is -0.447. The lowest BCUT2D eigenvalue weighted by molar-refractivity contribution is 0.0692. The zero-order valence-corrected chi connectivity index (χ0v) is 11.3. The largest absolute Gasteiger partial charge is 0.478 e. The second-order valence-corrected chi connectivity index (χ2v) is 6.62. The van der Waals surface area contributed by atoms with Crippen LogP contribution in [0, 0.1) is 11.8 Å². The van der Waals surface area contributed by atoms with E-state index >= 15 is 0 Å². The molecule has 1 aliphatic carbocycles. The topological polar surface area (TPSA) is 109 Å². The fourth-order valence-corrected chi connectivity index (χ4v) is 3.20. The van der Waals surface area contributed by atoms with Gasteiger partial charge < -0.3 is 10.8 Å². The normalized spacial score (nSPS) is 22.2. The number of nitrogens with one attached hydrogen (secondary N) is 1. The van der Waals surface area contributed by atoms with Crippen molar-refractivity contribution < 1.29 is 18.3 Å². The van der Waals surface area contributed by atoms with Crippen molar-refractivity contribution in [3.8, 4) is 0 Å². The molecule has 0 aliphatic heterocycles. The van der Waals surface area contributed by atoms with Crippen molar-refractivity contribution in [2.45, 2.75) is 18.2 Å². The van der Waals surface area contributed by atoms with Crippen molar-refractivity contribution in [1.82, 2.24) is 4.72 Å². The number of nitrogen functional groups attached to an aromatic ring is 1. The Kier molecular flexibility index (Phi) is 3.51. The Balaban J connectivity index is 2.26. The second kappa shape index (κ2) is 4.82. The van der Waals surface area contributed by atoms with Crippen LogP contribution in [0.25, 0.3) is 0 Å². The first-order valence-corrected chi connectivity index (χ1v) is 7.42. The first kappa shape index (κ1) is 13.8. The lowest BCUT2D eigenvalue weighted by atomic mass is 10.2. The van der Waals surface area contributed by atoms with Crippen molar-refractivity contribution >= 4 is 21.7 Å². The average Bonchev–Trinajstić information content (AvgIpc) is 3.02. The first-order valence-electron chi connectivity index (χ1n) is 5.94. The molecule has 0 radical (unpaired) electrons. The lowest BCUT2D eigenvalue weighted by Gasteiger charge is -2.09. The number of carboxylic acids is 1. The van der Waals surface area contributed by atoms with E-state index in [2.05, 4.69) is 4.72 Å². The van der Waals surface area contributed by atoms with E-state index in [9.17, 15) is 13.2 Å². The maximum absolute atomic E-state index is 12.1. The van der Waals surface area contributed by atoms with Crippen LogP contribution in [0.5, 0.6) is 0 Å². The lowest BCUT2D eigenvalue weighted by Crippen LogP contribution is -2.27. The van der Waals surface area contributed by atoms with Gasteiger partial charge >= 0.3 is 5.97 Å². The SMILES string of the molecule is CC1CC1CNS(=O)(=O)c1ccc(N)cc1C(=O)O. The zero-order chi connectivity index (χ0) is 14.2. The fraction of sp³-hybridized carbons (Fsp3) is 0.417. The van der Waals surface area contributed by atoms with Gasteiger partial charge in [0.1, 0.15) is 0 Å². The van der Waals surface area contributed by atoms with Crippen LogP contribution in [-0.4, -0.2) is 26.0 Å². The highest BCUT2D eigenvalue weighted by atomic mass is 32.2. The summed E-state index contributed by atoms with van der Waals surface area (Å²) in [7, 11) is -3.82. The quantitative estimate of drug-likeness (QED) is 0.696. The van der Waals surface area contributed by atoms with Crippen LogP contribution in [-0.2, 0) is 10.0 Å². The molecule has 2 rings (SSSR count). The molecule has 0 amide bonds. The molecule has 6 nitrogen and oxygen atoms in total. The molecule has 2 unspecified atom stereocenters. The minimum Gasteiger partial charge on any atom is -0.478 e. The van der Waals surface area contributed by atoms with E-state index < -0.39 is 16.0 Å². The Hall–Kier alpha value is -1.60. The van der Waals surface area contributed by atoms with E-state index in [4.69, 9.17) is 10.8 Å². The summed E-state index contributed by atoms with van der Waals surface area (Å²) < 4.78 is 26.6. The highest BCUT2D eigenvalue weighted by Crippen LogP contribution is 2.37. The van der Waals surface area contributed by atoms with Crippen LogP contribution < -0.4 is 10.5 Å². The number of carbonyl (C=O) groups is 1. The summed E-state index contributed by atoms with van der Waals surface area (Å²) in [6.07, 6.45) is 0.996. The van der Waals surface area contributed by atoms with Crippen LogP contribution in [0.2, 0.25) is 0 Å². The van der Waals surface area contributed by atoms with Gasteiger partial charge in [-0.2, -0.15) is 0 Å². The number of carboxylic acid groups (broad SMARTS) is 1. The van der Waals surface area contributed by atoms with Crippen molar-refractivity contribution in [3.63, 3.8) is 0 Å². The summed E-state index contributed by atoms with van der Waals surface area (Å²) in [5.41, 5.74) is 5.39. The van der Waals surface area contributed by atoms with Gasteiger partial charge in [0.15, 0.2) is 0 Å². The predicted molar refractivity (Wildman–Crippen MR) is 70.3 cm³/mol. The fourth-order valence-electron chi connectivity index (χ4n) is 1.93. The molecule has 7 heteroatoms. The molecule has 0 aromatic heterocycles. The van der Waals surface area contributed by atoms with Crippen molar-refractivity contribution in [1.29, 1.82) is 0 Å². The molecule has 0 heterocycles. The molecule has 1 saturated carbocycles. The Morgan fingerprint density at radius 1 is 1.53 bits per heavy atom. The van der Waals surface area contributed by atoms with Gasteiger partial charge in [-0.1, -0.05) is 6.92 Å². The predicted octanol–water partition coefficient (Wildman–Crippen LogP) is 0.901. The highest BCUT2D eigenvalue weighted by molar-refractivity contribution is 7.89. The van der Waals surface area contributed by atoms with Crippen molar-refractivity contribution in [2.75, 3.05) is 12.3 Å². The van der Waals surface area contributed by atoms with Gasteiger partial charge in [-0.3, -0.25) is 0 Å². The monoisotopic (exact) mass is 284 g/mol. The van der Waals surface area contributed by atoms with Crippen LogP contribution in [0.3, 0.4) is 0 Å². The summed E-state index contributed by atoms with van der Waals surface area (Å²) in [6.45, 7) is 2.39. The van der Waals surface area contributed by atoms with Crippen molar-refractivity contribution in [2.24, 2.45) is 11.8 Å². The second-order valence-electron chi connectivity index (χ2n) is 4.89. The zero-order valence-electron chi connectivity index (χ0n) is 10.5. The number of anilines is 1. The Labute approximate surface area is 111 Å². The van der Waals surface area contributed by atoms with E-state index in [1.54, 1.807) is 0 Å². The van der Waals surface area contributed by atoms with Crippen LogP contribution in [0.1, 0.15) is 23.7 Å². The van der Waals surface area contributed by atoms with Gasteiger partial charge in [-0.15, -0.1) is 0 Å². The number of benzene rings is 1. The van der Waals surface area contributed by atoms with Crippen LogP contribution in [0.4, 0.5) is 5.69 Å². The molecule has 19 heavy (non-hydrogen) atoms. The standard InChI is InChI=1S/C12H16N2O4S/c1-7-4-8(7)6-14-19(17,18)11-3-2-9(13)5-10(11)12(15)16/h2-3,5,7-8,14H,4,6,13H2,1H3,(H,15,16). The summed E-state index contributed by atoms with van der Waals surface area (Å²) in [6, 6.07) is 3.74. The number of rotatable bonds is 5. The maximum atomic E-state index is 12.1. The molecule has 104 valence electrons. The molecular weight excluding hydrogens is 268 g/mol. The molecule has 0 saturated heterocycles. The Morgan fingerprint density at radius 2 is 2.16 bits per heavy atom. The molecule has 0 bridgehead atoms. The number of hydrogen-bond acceptors (Lipinski definition) is 4. The summed E-state index contributed by atoms with van der Waals surface area (Å²) in [5, 5.41) is 9.04. The highest BCUT2D eigenvalue weighted by Gasteiger charge is 2.34. The van der Waals surface area contributed by atoms with Crippen molar-refractivity contribution in [3.05, 3.63) is 23.8 Å². The minimum atomic E-state index is -3.82. The van der Waals surface area contributed by atoms with Gasteiger partial charge in [-0.05, 0) is 36.5 Å². The smallest absolute Gasteiger partial charge is 0.337 e. The molecule has 2 atom stereocenters. The van der Waals surface area contributed by atoms with Gasteiger partial charge in [0, 0.05) is 12.2 Å². The molecular formula is C12H16N2O4S. The van der Waals surface area contributed by atoms with Crippen LogP contribution in [0.15, 0.2) is 23.1 Å². The van der Waals surface area contributed by atoms with Gasteiger partial charge in [0.2, 0.25) is 10.0 Å². The van der Waals surface area contributed by atoms with E-state index in [1.807, 2.05) is 6.92 Å². The van der Waals surface area contributed by atoms with E-state index in [0.29, 0.717) is 18.4 Å². The Bertz CT molecular complexity index is 612. The Morgan fingerprint density at radius 3 is 2.68 bits per heavy atom. The van der Waals surface area contributed by atoms with E-state index in [0.717, 1.165) is 12.5 Å². The van der Waals surface area contributed by atoms with Crippen LogP contribution >= 0.6 is 0 Å². The number of hydrogen-bond donors (Lipinski definition) is 3. The van der Waals surface area contributed by atoms with E-state index in [1.165, 1.54) is 12.1 Å². The summed E-state index contributed by atoms with van der Waals surface area (Å²) in [4.78, 5) is 10.8. The third kappa shape index (κ3) is 3.05. The third-order valence-corrected chi connectivity index (χ3v) is 4.82. The molecule has 4 N–H and O–H groups in total. The van der Waals surface area contributed by atoms with Gasteiger partial charge in [0.25, 0.3) is 0 Å². The number of nitrogens with two attached hydrogens (primary N) is 1. The molecule has 1 aliphatic rings. The molecule has 1 fully saturated rings. The molecule has 1 aromatic carbocycles. The minimum absolute atomic E-state index is 0.215. The first-order chi connectivity index (χ1) is 8.81. The number of sulfonamides is 1. The van der Waals surface area contributed by atoms with E-state index in [-0.39, 0.29) is 16.1 Å².